The molecule has 19 heavy (non-hydrogen) atoms. The highest BCUT2D eigenvalue weighted by atomic mass is 79.9. The van der Waals surface area contributed by atoms with Crippen molar-refractivity contribution in [2.45, 2.75) is 26.1 Å². The van der Waals surface area contributed by atoms with Crippen LogP contribution in [0, 0.1) is 0 Å². The first-order valence-corrected chi connectivity index (χ1v) is 7.03. The first kappa shape index (κ1) is 12.6. The lowest BCUT2D eigenvalue weighted by molar-refractivity contribution is 0.199. The lowest BCUT2D eigenvalue weighted by Gasteiger charge is -2.30. The topological polar surface area (TPSA) is 54.2 Å². The maximum absolute atomic E-state index is 9.60. The molecule has 0 aliphatic carbocycles. The fourth-order valence-corrected chi connectivity index (χ4v) is 2.96. The summed E-state index contributed by atoms with van der Waals surface area (Å²) in [6.45, 7) is 4.35. The van der Waals surface area contributed by atoms with E-state index in [1.165, 1.54) is 0 Å². The van der Waals surface area contributed by atoms with Gasteiger partial charge < -0.3 is 14.6 Å². The van der Waals surface area contributed by atoms with Gasteiger partial charge in [-0.25, -0.2) is 0 Å². The van der Waals surface area contributed by atoms with E-state index in [9.17, 15) is 5.11 Å². The first-order valence-electron chi connectivity index (χ1n) is 6.24. The van der Waals surface area contributed by atoms with E-state index >= 15 is 0 Å². The summed E-state index contributed by atoms with van der Waals surface area (Å²) < 4.78 is 3.08. The molecule has 0 saturated carbocycles. The minimum Gasteiger partial charge on any atom is -0.389 e. The molecule has 0 bridgehead atoms. The third-order valence-electron chi connectivity index (χ3n) is 3.43. The van der Waals surface area contributed by atoms with Crippen molar-refractivity contribution < 1.29 is 5.11 Å². The van der Waals surface area contributed by atoms with Crippen molar-refractivity contribution in [1.82, 2.24) is 14.8 Å². The number of nitrogens with zero attached hydrogens (tertiary/aromatic N) is 4. The summed E-state index contributed by atoms with van der Waals surface area (Å²) >= 11 is 3.59. The van der Waals surface area contributed by atoms with Gasteiger partial charge in [0.2, 0.25) is 0 Å². The molecule has 0 radical (unpaired) electrons. The van der Waals surface area contributed by atoms with Crippen LogP contribution in [0.1, 0.15) is 24.4 Å². The average Bonchev–Trinajstić information content (AvgIpc) is 2.85. The normalized spacial score (nSPS) is 16.3. The molecule has 1 aliphatic heterocycles. The molecule has 100 valence electrons. The van der Waals surface area contributed by atoms with E-state index in [4.69, 9.17) is 0 Å². The smallest absolute Gasteiger partial charge is 0.152 e. The Morgan fingerprint density at radius 2 is 2.21 bits per heavy atom. The Hall–Kier alpha value is -1.40. The van der Waals surface area contributed by atoms with E-state index in [0.717, 1.165) is 41.2 Å². The summed E-state index contributed by atoms with van der Waals surface area (Å²) in [7, 11) is 0. The molecule has 1 atom stereocenters. The monoisotopic (exact) mass is 322 g/mol. The van der Waals surface area contributed by atoms with Gasteiger partial charge in [0.1, 0.15) is 6.33 Å². The number of aliphatic hydroxyl groups excluding tert-OH is 1. The van der Waals surface area contributed by atoms with Crippen molar-refractivity contribution in [3.05, 3.63) is 40.4 Å². The quantitative estimate of drug-likeness (QED) is 0.920. The van der Waals surface area contributed by atoms with Crippen LogP contribution in [-0.2, 0) is 13.1 Å². The van der Waals surface area contributed by atoms with Crippen LogP contribution in [0.2, 0.25) is 0 Å². The third-order valence-corrected chi connectivity index (χ3v) is 4.07. The lowest BCUT2D eigenvalue weighted by Crippen LogP contribution is -2.33. The van der Waals surface area contributed by atoms with Gasteiger partial charge in [0.05, 0.1) is 18.3 Å². The Labute approximate surface area is 120 Å². The van der Waals surface area contributed by atoms with E-state index in [1.54, 1.807) is 13.3 Å². The van der Waals surface area contributed by atoms with Gasteiger partial charge in [-0.05, 0) is 40.5 Å². The van der Waals surface area contributed by atoms with Gasteiger partial charge in [-0.15, -0.1) is 10.2 Å². The molecule has 0 amide bonds. The summed E-state index contributed by atoms with van der Waals surface area (Å²) in [6.07, 6.45) is 1.33. The van der Waals surface area contributed by atoms with Gasteiger partial charge in [0.15, 0.2) is 5.82 Å². The fraction of sp³-hybridized carbons (Fsp3) is 0.385. The predicted octanol–water partition coefficient (Wildman–Crippen LogP) is 2.11. The Morgan fingerprint density at radius 3 is 2.95 bits per heavy atom. The number of rotatable bonds is 2. The number of halogens is 1. The number of fused-ring (bicyclic) bond motifs is 1. The van der Waals surface area contributed by atoms with Crippen molar-refractivity contribution in [1.29, 1.82) is 0 Å². The SMILES string of the molecule is C[C@@H](O)c1ccc(N2CCn3cnnc3C2)c(Br)c1. The molecule has 2 aromatic rings. The molecule has 1 aromatic carbocycles. The lowest BCUT2D eigenvalue weighted by atomic mass is 10.1. The highest BCUT2D eigenvalue weighted by Crippen LogP contribution is 2.31. The van der Waals surface area contributed by atoms with Gasteiger partial charge in [-0.2, -0.15) is 0 Å². The van der Waals surface area contributed by atoms with Gasteiger partial charge >= 0.3 is 0 Å². The molecule has 1 aliphatic rings. The third kappa shape index (κ3) is 2.37. The van der Waals surface area contributed by atoms with Crippen molar-refractivity contribution >= 4 is 21.6 Å². The van der Waals surface area contributed by atoms with Gasteiger partial charge in [0.25, 0.3) is 0 Å². The van der Waals surface area contributed by atoms with E-state index < -0.39 is 6.10 Å². The maximum Gasteiger partial charge on any atom is 0.152 e. The summed E-state index contributed by atoms with van der Waals surface area (Å²) in [5.41, 5.74) is 2.04. The first-order chi connectivity index (χ1) is 9.15. The summed E-state index contributed by atoms with van der Waals surface area (Å²) in [6, 6.07) is 5.97. The fourth-order valence-electron chi connectivity index (χ4n) is 2.31. The number of hydrogen-bond donors (Lipinski definition) is 1. The van der Waals surface area contributed by atoms with Crippen LogP contribution in [0.4, 0.5) is 5.69 Å². The average molecular weight is 323 g/mol. The number of benzene rings is 1. The van der Waals surface area contributed by atoms with Crippen molar-refractivity contribution in [2.75, 3.05) is 11.4 Å². The van der Waals surface area contributed by atoms with E-state index in [1.807, 2.05) is 18.2 Å². The molecule has 0 spiro atoms. The molecule has 2 heterocycles. The Morgan fingerprint density at radius 1 is 1.37 bits per heavy atom. The van der Waals surface area contributed by atoms with Crippen LogP contribution >= 0.6 is 15.9 Å². The molecule has 3 rings (SSSR count). The van der Waals surface area contributed by atoms with Crippen molar-refractivity contribution in [3.8, 4) is 0 Å². The van der Waals surface area contributed by atoms with E-state index in [0.29, 0.717) is 0 Å². The second-order valence-corrected chi connectivity index (χ2v) is 5.60. The number of aromatic nitrogens is 3. The molecule has 0 unspecified atom stereocenters. The summed E-state index contributed by atoms with van der Waals surface area (Å²) in [4.78, 5) is 2.26. The van der Waals surface area contributed by atoms with E-state index in [2.05, 4.69) is 35.6 Å². The van der Waals surface area contributed by atoms with Crippen molar-refractivity contribution in [3.63, 3.8) is 0 Å². The van der Waals surface area contributed by atoms with Crippen LogP contribution in [-0.4, -0.2) is 26.4 Å². The molecule has 6 heteroatoms. The summed E-state index contributed by atoms with van der Waals surface area (Å²) in [5.74, 6) is 0.984. The second-order valence-electron chi connectivity index (χ2n) is 4.75. The van der Waals surface area contributed by atoms with Crippen LogP contribution in [0.3, 0.4) is 0 Å². The molecule has 1 N–H and O–H groups in total. The zero-order valence-electron chi connectivity index (χ0n) is 10.6. The molecular weight excluding hydrogens is 308 g/mol. The predicted molar refractivity (Wildman–Crippen MR) is 75.8 cm³/mol. The largest absolute Gasteiger partial charge is 0.389 e. The summed E-state index contributed by atoms with van der Waals surface area (Å²) in [5, 5.41) is 17.7. The standard InChI is InChI=1S/C13H15BrN4O/c1-9(19)10-2-3-12(11(14)6-10)17-4-5-18-8-15-16-13(18)7-17/h2-3,6,8-9,19H,4-5,7H2,1H3/t9-/m1/s1. The Kier molecular flexibility index (Phi) is 3.28. The molecule has 0 saturated heterocycles. The minimum atomic E-state index is -0.449. The van der Waals surface area contributed by atoms with Crippen molar-refractivity contribution in [2.24, 2.45) is 0 Å². The van der Waals surface area contributed by atoms with Crippen LogP contribution in [0.25, 0.3) is 0 Å². The molecule has 0 fully saturated rings. The number of aliphatic hydroxyl groups is 1. The molecular formula is C13H15BrN4O. The van der Waals surface area contributed by atoms with Crippen LogP contribution in [0.15, 0.2) is 29.0 Å². The van der Waals surface area contributed by atoms with Crippen LogP contribution in [0.5, 0.6) is 0 Å². The zero-order valence-corrected chi connectivity index (χ0v) is 12.2. The second kappa shape index (κ2) is 4.94. The van der Waals surface area contributed by atoms with Gasteiger partial charge in [-0.1, -0.05) is 6.07 Å². The Balaban J connectivity index is 1.88. The number of anilines is 1. The highest BCUT2D eigenvalue weighted by Gasteiger charge is 2.19. The molecule has 1 aromatic heterocycles. The van der Waals surface area contributed by atoms with Gasteiger partial charge in [0, 0.05) is 17.6 Å². The maximum atomic E-state index is 9.60. The minimum absolute atomic E-state index is 0.449. The van der Waals surface area contributed by atoms with Gasteiger partial charge in [-0.3, -0.25) is 0 Å². The highest BCUT2D eigenvalue weighted by molar-refractivity contribution is 9.10. The number of hydrogen-bond acceptors (Lipinski definition) is 4. The molecule has 5 nitrogen and oxygen atoms in total. The zero-order chi connectivity index (χ0) is 13.4. The Bertz CT molecular complexity index is 596. The van der Waals surface area contributed by atoms with Crippen LogP contribution < -0.4 is 4.90 Å². The van der Waals surface area contributed by atoms with E-state index in [-0.39, 0.29) is 0 Å².